The van der Waals surface area contributed by atoms with Gasteiger partial charge in [-0.25, -0.2) is 4.79 Å². The summed E-state index contributed by atoms with van der Waals surface area (Å²) in [5.74, 6) is -0.809. The van der Waals surface area contributed by atoms with E-state index in [9.17, 15) is 14.4 Å². The number of hydrogen-bond donors (Lipinski definition) is 0. The van der Waals surface area contributed by atoms with E-state index in [-0.39, 0.29) is 30.7 Å². The lowest BCUT2D eigenvalue weighted by Crippen LogP contribution is -2.44. The number of methoxy groups -OCH3 is 1. The van der Waals surface area contributed by atoms with Crippen LogP contribution in [0.1, 0.15) is 38.3 Å². The van der Waals surface area contributed by atoms with Crippen molar-refractivity contribution in [1.29, 1.82) is 0 Å². The second-order valence-corrected chi connectivity index (χ2v) is 8.03. The van der Waals surface area contributed by atoms with Crippen molar-refractivity contribution in [2.75, 3.05) is 20.3 Å². The van der Waals surface area contributed by atoms with Crippen molar-refractivity contribution in [2.45, 2.75) is 38.2 Å². The predicted molar refractivity (Wildman–Crippen MR) is 109 cm³/mol. The van der Waals surface area contributed by atoms with Crippen LogP contribution in [0.4, 0.5) is 0 Å². The van der Waals surface area contributed by atoms with Gasteiger partial charge in [0, 0.05) is 19.9 Å². The number of halogens is 1. The first kappa shape index (κ1) is 22.5. The highest BCUT2D eigenvalue weighted by atomic mass is 35.5. The van der Waals surface area contributed by atoms with E-state index in [1.54, 1.807) is 11.8 Å². The van der Waals surface area contributed by atoms with E-state index in [1.165, 1.54) is 14.0 Å². The van der Waals surface area contributed by atoms with Gasteiger partial charge in [-0.3, -0.25) is 14.5 Å². The van der Waals surface area contributed by atoms with E-state index in [0.29, 0.717) is 6.42 Å². The largest absolute Gasteiger partial charge is 0.468 e. The van der Waals surface area contributed by atoms with Crippen LogP contribution < -0.4 is 0 Å². The lowest BCUT2D eigenvalue weighted by Gasteiger charge is -2.38. The lowest BCUT2D eigenvalue weighted by atomic mass is 9.99. The molecule has 6 nitrogen and oxygen atoms in total. The average molecular weight is 426 g/mol. The van der Waals surface area contributed by atoms with Gasteiger partial charge >= 0.3 is 11.9 Å². The maximum Gasteiger partial charge on any atom is 0.327 e. The maximum atomic E-state index is 12.6. The van der Waals surface area contributed by atoms with Crippen molar-refractivity contribution in [3.05, 3.63) is 46.4 Å². The zero-order valence-electron chi connectivity index (χ0n) is 16.1. The highest BCUT2D eigenvalue weighted by Gasteiger charge is 2.37. The molecule has 1 unspecified atom stereocenters. The summed E-state index contributed by atoms with van der Waals surface area (Å²) in [5.41, 5.74) is 0.954. The van der Waals surface area contributed by atoms with E-state index < -0.39 is 17.5 Å². The number of esters is 2. The van der Waals surface area contributed by atoms with Gasteiger partial charge in [0.15, 0.2) is 5.12 Å². The summed E-state index contributed by atoms with van der Waals surface area (Å²) < 4.78 is 10.1. The van der Waals surface area contributed by atoms with Crippen LogP contribution in [0, 0.1) is 0 Å². The molecular weight excluding hydrogens is 402 g/mol. The lowest BCUT2D eigenvalue weighted by molar-refractivity contribution is -0.147. The van der Waals surface area contributed by atoms with Crippen LogP contribution in [-0.2, 0) is 23.9 Å². The van der Waals surface area contributed by atoms with Crippen LogP contribution in [-0.4, -0.2) is 47.7 Å². The molecule has 0 radical (unpaired) electrons. The van der Waals surface area contributed by atoms with Gasteiger partial charge < -0.3 is 9.47 Å². The van der Waals surface area contributed by atoms with Gasteiger partial charge in [0.2, 0.25) is 0 Å². The Bertz CT molecular complexity index is 752. The number of hydrogen-bond acceptors (Lipinski definition) is 7. The molecule has 0 aliphatic carbocycles. The molecule has 0 saturated carbocycles. The number of thioether (sulfide) groups is 1. The molecule has 1 aromatic carbocycles. The number of alkyl halides is 1. The zero-order valence-corrected chi connectivity index (χ0v) is 17.7. The van der Waals surface area contributed by atoms with Crippen molar-refractivity contribution in [1.82, 2.24) is 4.90 Å². The quantitative estimate of drug-likeness (QED) is 0.375. The molecule has 0 N–H and O–H groups in total. The number of rotatable bonds is 7. The molecule has 2 atom stereocenters. The standard InChI is InChI=1S/C20H24ClNO5S/c1-4-27-18(24)10-15-12-22(17(21)11-16(15)28-13(2)23)19(20(25)26-3)14-8-6-5-7-9-14/h5-9,17,19H,4,10-12H2,1-3H3/t17?,19-/m0/s1. The van der Waals surface area contributed by atoms with Gasteiger partial charge in [0.05, 0.1) is 25.6 Å². The molecule has 0 amide bonds. The number of ether oxygens (including phenoxy) is 2. The molecule has 0 spiro atoms. The minimum absolute atomic E-state index is 0.0479. The fourth-order valence-electron chi connectivity index (χ4n) is 3.11. The number of carbonyl (C=O) groups excluding carboxylic acids is 3. The summed E-state index contributed by atoms with van der Waals surface area (Å²) in [6, 6.07) is 8.49. The Hall–Kier alpha value is -1.83. The number of nitrogens with zero attached hydrogens (tertiary/aromatic N) is 1. The van der Waals surface area contributed by atoms with Gasteiger partial charge in [0.1, 0.15) is 6.04 Å². The summed E-state index contributed by atoms with van der Waals surface area (Å²) in [6.07, 6.45) is 0.396. The van der Waals surface area contributed by atoms with E-state index in [1.807, 2.05) is 30.3 Å². The maximum absolute atomic E-state index is 12.6. The van der Waals surface area contributed by atoms with Gasteiger partial charge in [-0.05, 0) is 23.0 Å². The Balaban J connectivity index is 2.38. The van der Waals surface area contributed by atoms with E-state index >= 15 is 0 Å². The average Bonchev–Trinajstić information content (AvgIpc) is 2.65. The molecule has 1 heterocycles. The van der Waals surface area contributed by atoms with Gasteiger partial charge in [0.25, 0.3) is 0 Å². The van der Waals surface area contributed by atoms with Crippen molar-refractivity contribution < 1.29 is 23.9 Å². The van der Waals surface area contributed by atoms with Crippen molar-refractivity contribution >= 4 is 40.4 Å². The second kappa shape index (κ2) is 10.6. The van der Waals surface area contributed by atoms with Crippen LogP contribution in [0.15, 0.2) is 40.8 Å². The fraction of sp³-hybridized carbons (Fsp3) is 0.450. The number of carbonyl (C=O) groups is 3. The molecule has 2 rings (SSSR count). The van der Waals surface area contributed by atoms with Gasteiger partial charge in [-0.15, -0.1) is 11.6 Å². The van der Waals surface area contributed by atoms with Crippen molar-refractivity contribution in [2.24, 2.45) is 0 Å². The summed E-state index contributed by atoms with van der Waals surface area (Å²) >= 11 is 7.69. The summed E-state index contributed by atoms with van der Waals surface area (Å²) in [7, 11) is 1.33. The first-order valence-electron chi connectivity index (χ1n) is 8.94. The molecule has 8 heteroatoms. The van der Waals surface area contributed by atoms with E-state index in [2.05, 4.69) is 0 Å². The molecule has 0 saturated heterocycles. The molecule has 1 aliphatic rings. The van der Waals surface area contributed by atoms with Crippen LogP contribution in [0.3, 0.4) is 0 Å². The molecule has 1 aromatic rings. The highest BCUT2D eigenvalue weighted by molar-refractivity contribution is 8.16. The summed E-state index contributed by atoms with van der Waals surface area (Å²) in [5, 5.41) is -0.0822. The Kier molecular flexibility index (Phi) is 8.54. The first-order chi connectivity index (χ1) is 13.4. The molecule has 152 valence electrons. The van der Waals surface area contributed by atoms with Gasteiger partial charge in [-0.2, -0.15) is 0 Å². The Morgan fingerprint density at radius 1 is 1.29 bits per heavy atom. The molecule has 0 bridgehead atoms. The van der Waals surface area contributed by atoms with Crippen LogP contribution in [0.2, 0.25) is 0 Å². The van der Waals surface area contributed by atoms with E-state index in [4.69, 9.17) is 21.1 Å². The predicted octanol–water partition coefficient (Wildman–Crippen LogP) is 3.66. The smallest absolute Gasteiger partial charge is 0.327 e. The van der Waals surface area contributed by atoms with Crippen LogP contribution in [0.25, 0.3) is 0 Å². The van der Waals surface area contributed by atoms with Crippen molar-refractivity contribution in [3.8, 4) is 0 Å². The second-order valence-electron chi connectivity index (χ2n) is 6.25. The third kappa shape index (κ3) is 5.83. The normalized spacial score (nSPS) is 18.5. The number of benzene rings is 1. The Morgan fingerprint density at radius 3 is 2.54 bits per heavy atom. The molecule has 28 heavy (non-hydrogen) atoms. The van der Waals surface area contributed by atoms with Gasteiger partial charge in [-0.1, -0.05) is 42.1 Å². The summed E-state index contributed by atoms with van der Waals surface area (Å²) in [4.78, 5) is 38.8. The zero-order chi connectivity index (χ0) is 20.7. The molecule has 0 fully saturated rings. The molecule has 1 aliphatic heterocycles. The Labute approximate surface area is 174 Å². The minimum atomic E-state index is -0.713. The van der Waals surface area contributed by atoms with Crippen LogP contribution >= 0.6 is 23.4 Å². The minimum Gasteiger partial charge on any atom is -0.468 e. The Morgan fingerprint density at radius 2 is 1.96 bits per heavy atom. The topological polar surface area (TPSA) is 72.9 Å². The van der Waals surface area contributed by atoms with E-state index in [0.717, 1.165) is 27.8 Å². The fourth-order valence-corrected chi connectivity index (χ4v) is 4.41. The third-order valence-electron chi connectivity index (χ3n) is 4.28. The van der Waals surface area contributed by atoms with Crippen molar-refractivity contribution in [3.63, 3.8) is 0 Å². The SMILES string of the molecule is CCOC(=O)CC1=C(SC(C)=O)CC(Cl)N([C@H](C(=O)OC)c2ccccc2)C1. The summed E-state index contributed by atoms with van der Waals surface area (Å²) in [6.45, 7) is 3.74. The highest BCUT2D eigenvalue weighted by Crippen LogP contribution is 2.39. The molecular formula is C20H24ClNO5S. The first-order valence-corrected chi connectivity index (χ1v) is 10.2. The van der Waals surface area contributed by atoms with Crippen LogP contribution in [0.5, 0.6) is 0 Å². The monoisotopic (exact) mass is 425 g/mol. The molecule has 0 aromatic heterocycles. The third-order valence-corrected chi connectivity index (χ3v) is 5.68.